The zero-order chi connectivity index (χ0) is 9.90. The molecule has 4 heteroatoms. The van der Waals surface area contributed by atoms with Gasteiger partial charge in [-0.25, -0.2) is 4.98 Å². The van der Waals surface area contributed by atoms with Crippen molar-refractivity contribution >= 4 is 5.82 Å². The van der Waals surface area contributed by atoms with Crippen LogP contribution in [0.2, 0.25) is 0 Å². The minimum absolute atomic E-state index is 0.0843. The molecule has 1 rings (SSSR count). The Kier molecular flexibility index (Phi) is 2.93. The minimum atomic E-state index is -0.0843. The lowest BCUT2D eigenvalue weighted by Gasteiger charge is -2.22. The lowest BCUT2D eigenvalue weighted by Crippen LogP contribution is -2.24. The number of aromatic nitrogens is 2. The van der Waals surface area contributed by atoms with Crippen molar-refractivity contribution in [2.75, 3.05) is 12.8 Å². The molecule has 1 aromatic heterocycles. The van der Waals surface area contributed by atoms with Gasteiger partial charge in [-0.1, -0.05) is 0 Å². The highest BCUT2D eigenvalue weighted by molar-refractivity contribution is 5.22. The van der Waals surface area contributed by atoms with E-state index in [0.717, 1.165) is 13.0 Å². The van der Waals surface area contributed by atoms with Gasteiger partial charge in [0.1, 0.15) is 5.82 Å². The van der Waals surface area contributed by atoms with E-state index in [2.05, 4.69) is 18.8 Å². The van der Waals surface area contributed by atoms with Gasteiger partial charge in [-0.05, 0) is 20.3 Å². The molecule has 0 saturated heterocycles. The second-order valence-electron chi connectivity index (χ2n) is 3.75. The third-order valence-electron chi connectivity index (χ3n) is 2.18. The molecule has 0 aliphatic carbocycles. The first-order chi connectivity index (χ1) is 6.03. The zero-order valence-corrected chi connectivity index (χ0v) is 8.45. The maximum Gasteiger partial charge on any atom is 0.141 e. The van der Waals surface area contributed by atoms with E-state index in [4.69, 9.17) is 10.5 Å². The molecule has 0 spiro atoms. The number of nitrogens with zero attached hydrogens (tertiary/aromatic N) is 2. The van der Waals surface area contributed by atoms with E-state index < -0.39 is 0 Å². The largest absolute Gasteiger partial charge is 0.382 e. The maximum absolute atomic E-state index is 5.49. The number of imidazole rings is 1. The van der Waals surface area contributed by atoms with E-state index in [1.807, 2.05) is 10.8 Å². The van der Waals surface area contributed by atoms with Gasteiger partial charge in [0.15, 0.2) is 0 Å². The highest BCUT2D eigenvalue weighted by Gasteiger charge is 2.15. The van der Waals surface area contributed by atoms with Crippen LogP contribution in [0.15, 0.2) is 12.5 Å². The molecule has 4 nitrogen and oxygen atoms in total. The Morgan fingerprint density at radius 3 is 2.77 bits per heavy atom. The summed E-state index contributed by atoms with van der Waals surface area (Å²) in [7, 11) is 1.72. The molecule has 0 aliphatic heterocycles. The number of hydrogen-bond acceptors (Lipinski definition) is 3. The lowest BCUT2D eigenvalue weighted by molar-refractivity contribution is 0.0120. The maximum atomic E-state index is 5.49. The van der Waals surface area contributed by atoms with Crippen molar-refractivity contribution in [2.45, 2.75) is 32.4 Å². The summed E-state index contributed by atoms with van der Waals surface area (Å²) in [5, 5.41) is 0. The van der Waals surface area contributed by atoms with Crippen LogP contribution in [-0.2, 0) is 11.3 Å². The van der Waals surface area contributed by atoms with Crippen LogP contribution in [0.3, 0.4) is 0 Å². The fraction of sp³-hybridized carbons (Fsp3) is 0.667. The standard InChI is InChI=1S/C9H17N3O/c1-9(2,13-3)4-5-12-6-8(10)11-7-12/h6-7H,4-5,10H2,1-3H3. The first kappa shape index (κ1) is 10.1. The van der Waals surface area contributed by atoms with Crippen molar-refractivity contribution in [2.24, 2.45) is 0 Å². The number of rotatable bonds is 4. The second-order valence-corrected chi connectivity index (χ2v) is 3.75. The Labute approximate surface area is 78.7 Å². The van der Waals surface area contributed by atoms with Crippen molar-refractivity contribution in [1.29, 1.82) is 0 Å². The van der Waals surface area contributed by atoms with E-state index in [0.29, 0.717) is 5.82 Å². The van der Waals surface area contributed by atoms with Crippen LogP contribution in [0, 0.1) is 0 Å². The van der Waals surface area contributed by atoms with Crippen molar-refractivity contribution < 1.29 is 4.74 Å². The molecule has 0 amide bonds. The summed E-state index contributed by atoms with van der Waals surface area (Å²) in [6.07, 6.45) is 4.51. The van der Waals surface area contributed by atoms with Crippen LogP contribution in [0.1, 0.15) is 20.3 Å². The van der Waals surface area contributed by atoms with Gasteiger partial charge < -0.3 is 15.0 Å². The molecule has 1 aromatic rings. The minimum Gasteiger partial charge on any atom is -0.382 e. The van der Waals surface area contributed by atoms with Crippen LogP contribution in [0.4, 0.5) is 5.82 Å². The van der Waals surface area contributed by atoms with Crippen molar-refractivity contribution in [3.8, 4) is 0 Å². The molecule has 0 atom stereocenters. The van der Waals surface area contributed by atoms with Gasteiger partial charge in [-0.2, -0.15) is 0 Å². The highest BCUT2D eigenvalue weighted by Crippen LogP contribution is 2.14. The molecular formula is C9H17N3O. The first-order valence-electron chi connectivity index (χ1n) is 4.36. The number of ether oxygens (including phenoxy) is 1. The molecule has 2 N–H and O–H groups in total. The molecule has 0 bridgehead atoms. The fourth-order valence-corrected chi connectivity index (χ4v) is 1.00. The number of nitrogen functional groups attached to an aromatic ring is 1. The molecule has 13 heavy (non-hydrogen) atoms. The molecule has 1 heterocycles. The molecule has 0 aliphatic rings. The Bertz CT molecular complexity index is 268. The summed E-state index contributed by atoms with van der Waals surface area (Å²) in [6.45, 7) is 5.01. The summed E-state index contributed by atoms with van der Waals surface area (Å²) in [5.41, 5.74) is 5.40. The third kappa shape index (κ3) is 3.06. The van der Waals surface area contributed by atoms with Gasteiger partial charge in [0.2, 0.25) is 0 Å². The third-order valence-corrected chi connectivity index (χ3v) is 2.18. The van der Waals surface area contributed by atoms with Crippen molar-refractivity contribution in [3.63, 3.8) is 0 Å². The number of methoxy groups -OCH3 is 1. The van der Waals surface area contributed by atoms with Crippen LogP contribution >= 0.6 is 0 Å². The van der Waals surface area contributed by atoms with Crippen molar-refractivity contribution in [3.05, 3.63) is 12.5 Å². The average molecular weight is 183 g/mol. The first-order valence-corrected chi connectivity index (χ1v) is 4.36. The molecule has 0 fully saturated rings. The number of hydrogen-bond donors (Lipinski definition) is 1. The van der Waals surface area contributed by atoms with Gasteiger partial charge >= 0.3 is 0 Å². The molecule has 0 radical (unpaired) electrons. The smallest absolute Gasteiger partial charge is 0.141 e. The van der Waals surface area contributed by atoms with Crippen molar-refractivity contribution in [1.82, 2.24) is 9.55 Å². The SMILES string of the molecule is COC(C)(C)CCn1cnc(N)c1. The number of aryl methyl sites for hydroxylation is 1. The van der Waals surface area contributed by atoms with E-state index in [1.54, 1.807) is 13.4 Å². The normalized spacial score (nSPS) is 11.9. The van der Waals surface area contributed by atoms with Crippen LogP contribution in [-0.4, -0.2) is 22.3 Å². The summed E-state index contributed by atoms with van der Waals surface area (Å²) in [5.74, 6) is 0.565. The predicted molar refractivity (Wildman–Crippen MR) is 52.3 cm³/mol. The lowest BCUT2D eigenvalue weighted by atomic mass is 10.1. The summed E-state index contributed by atoms with van der Waals surface area (Å²) in [4.78, 5) is 3.94. The predicted octanol–water partition coefficient (Wildman–Crippen LogP) is 1.28. The van der Waals surface area contributed by atoms with Gasteiger partial charge in [-0.3, -0.25) is 0 Å². The summed E-state index contributed by atoms with van der Waals surface area (Å²) < 4.78 is 7.27. The van der Waals surface area contributed by atoms with Gasteiger partial charge in [0.25, 0.3) is 0 Å². The summed E-state index contributed by atoms with van der Waals surface area (Å²) >= 11 is 0. The molecule has 0 unspecified atom stereocenters. The average Bonchev–Trinajstić information content (AvgIpc) is 2.48. The second kappa shape index (κ2) is 3.79. The van der Waals surface area contributed by atoms with Gasteiger partial charge in [-0.15, -0.1) is 0 Å². The van der Waals surface area contributed by atoms with Crippen LogP contribution in [0.25, 0.3) is 0 Å². The van der Waals surface area contributed by atoms with Crippen LogP contribution in [0.5, 0.6) is 0 Å². The van der Waals surface area contributed by atoms with E-state index >= 15 is 0 Å². The van der Waals surface area contributed by atoms with E-state index in [1.165, 1.54) is 0 Å². The Hall–Kier alpha value is -1.03. The fourth-order valence-electron chi connectivity index (χ4n) is 1.00. The Morgan fingerprint density at radius 1 is 1.62 bits per heavy atom. The molecule has 0 saturated carbocycles. The number of nitrogens with two attached hydrogens (primary N) is 1. The molecular weight excluding hydrogens is 166 g/mol. The quantitative estimate of drug-likeness (QED) is 0.765. The van der Waals surface area contributed by atoms with Gasteiger partial charge in [0.05, 0.1) is 11.9 Å². The number of anilines is 1. The Morgan fingerprint density at radius 2 is 2.31 bits per heavy atom. The molecule has 0 aromatic carbocycles. The van der Waals surface area contributed by atoms with Crippen LogP contribution < -0.4 is 5.73 Å². The molecule has 74 valence electrons. The van der Waals surface area contributed by atoms with E-state index in [9.17, 15) is 0 Å². The zero-order valence-electron chi connectivity index (χ0n) is 8.45. The highest BCUT2D eigenvalue weighted by atomic mass is 16.5. The van der Waals surface area contributed by atoms with Gasteiger partial charge in [0, 0.05) is 19.9 Å². The topological polar surface area (TPSA) is 53.1 Å². The van der Waals surface area contributed by atoms with E-state index in [-0.39, 0.29) is 5.60 Å². The Balaban J connectivity index is 2.43. The summed E-state index contributed by atoms with van der Waals surface area (Å²) in [6, 6.07) is 0. The monoisotopic (exact) mass is 183 g/mol.